The van der Waals surface area contributed by atoms with Gasteiger partial charge in [0.05, 0.1) is 6.54 Å². The first-order valence-corrected chi connectivity index (χ1v) is 13.8. The summed E-state index contributed by atoms with van der Waals surface area (Å²) < 4.78 is 8.96. The average Bonchev–Trinajstić information content (AvgIpc) is 3.14. The molecule has 12 heteroatoms. The van der Waals surface area contributed by atoms with Crippen molar-refractivity contribution in [3.05, 3.63) is 64.6 Å². The predicted octanol–water partition coefficient (Wildman–Crippen LogP) is 2.68. The highest BCUT2D eigenvalue weighted by Gasteiger charge is 2.28. The van der Waals surface area contributed by atoms with E-state index in [1.807, 2.05) is 18.2 Å². The predicted molar refractivity (Wildman–Crippen MR) is 156 cm³/mol. The number of pyridine rings is 1. The maximum atomic E-state index is 13.5. The van der Waals surface area contributed by atoms with Crippen molar-refractivity contribution in [2.45, 2.75) is 25.9 Å². The standard InChI is InChI=1S/C29H31N9O3/c1-34-13-14-35(2)22-8-7-20(15-19(22)17-34)31-29-30-16-21-26(33-29)38-24-10-9-23-27(32-24)36(25(39)18-41-23)11-5-3-4-6-12-37(38)28(21)40/h4,6-10,15-16H,3,5,11-14,17-18H2,1-2H3,(H,30,31,33)/b6-4-. The van der Waals surface area contributed by atoms with E-state index >= 15 is 0 Å². The summed E-state index contributed by atoms with van der Waals surface area (Å²) in [6, 6.07) is 9.84. The molecule has 6 heterocycles. The summed E-state index contributed by atoms with van der Waals surface area (Å²) in [4.78, 5) is 46.6. The van der Waals surface area contributed by atoms with Gasteiger partial charge in [-0.3, -0.25) is 14.5 Å². The van der Waals surface area contributed by atoms with Crippen LogP contribution >= 0.6 is 0 Å². The minimum Gasteiger partial charge on any atom is -0.480 e. The largest absolute Gasteiger partial charge is 0.480 e. The summed E-state index contributed by atoms with van der Waals surface area (Å²) >= 11 is 0. The lowest BCUT2D eigenvalue weighted by molar-refractivity contribution is -0.121. The number of nitrogens with one attached hydrogen (secondary N) is 1. The Balaban J connectivity index is 1.33. The Bertz CT molecular complexity index is 1760. The van der Waals surface area contributed by atoms with E-state index in [-0.39, 0.29) is 18.1 Å². The van der Waals surface area contributed by atoms with Crippen LogP contribution in [0.25, 0.3) is 16.9 Å². The number of likely N-dealkylation sites (N-methyl/N-ethyl adjacent to an activating group) is 2. The van der Waals surface area contributed by atoms with Crippen LogP contribution in [-0.2, 0) is 17.9 Å². The first-order valence-electron chi connectivity index (χ1n) is 13.8. The molecular formula is C29H31N9O3. The molecule has 3 aliphatic rings. The Morgan fingerprint density at radius 1 is 1.00 bits per heavy atom. The third-order valence-corrected chi connectivity index (χ3v) is 7.83. The summed E-state index contributed by atoms with van der Waals surface area (Å²) in [5, 5.41) is 3.72. The maximum absolute atomic E-state index is 13.5. The molecule has 12 nitrogen and oxygen atoms in total. The van der Waals surface area contributed by atoms with Gasteiger partial charge in [0.25, 0.3) is 11.5 Å². The van der Waals surface area contributed by atoms with Crippen LogP contribution < -0.4 is 25.4 Å². The minimum atomic E-state index is -0.215. The van der Waals surface area contributed by atoms with E-state index < -0.39 is 0 Å². The lowest BCUT2D eigenvalue weighted by atomic mass is 10.1. The van der Waals surface area contributed by atoms with Crippen LogP contribution in [0, 0.1) is 0 Å². The normalized spacial score (nSPS) is 18.0. The van der Waals surface area contributed by atoms with E-state index in [9.17, 15) is 9.59 Å². The Hall–Kier alpha value is -4.71. The van der Waals surface area contributed by atoms with Gasteiger partial charge in [0.1, 0.15) is 5.39 Å². The topological polar surface area (TPSA) is 114 Å². The van der Waals surface area contributed by atoms with Crippen molar-refractivity contribution in [1.29, 1.82) is 0 Å². The molecule has 1 N–H and O–H groups in total. The van der Waals surface area contributed by atoms with Crippen LogP contribution in [0.15, 0.2) is 53.5 Å². The number of rotatable bonds is 2. The van der Waals surface area contributed by atoms with Crippen LogP contribution in [0.4, 0.5) is 23.1 Å². The molecule has 3 aromatic heterocycles. The molecule has 0 spiro atoms. The molecule has 0 saturated carbocycles. The number of carbonyl (C=O) groups is 1. The fraction of sp³-hybridized carbons (Fsp3) is 0.345. The molecule has 0 radical (unpaired) electrons. The number of allylic oxidation sites excluding steroid dienone is 2. The van der Waals surface area contributed by atoms with Crippen molar-refractivity contribution >= 4 is 40.1 Å². The number of amides is 1. The molecule has 0 atom stereocenters. The second kappa shape index (κ2) is 10.0. The minimum absolute atomic E-state index is 0.0153. The Labute approximate surface area is 236 Å². The van der Waals surface area contributed by atoms with Crippen molar-refractivity contribution in [3.8, 4) is 11.6 Å². The molecule has 1 aromatic carbocycles. The lowest BCUT2D eigenvalue weighted by Crippen LogP contribution is -2.40. The molecule has 0 unspecified atom stereocenters. The van der Waals surface area contributed by atoms with Crippen molar-refractivity contribution in [3.63, 3.8) is 0 Å². The highest BCUT2D eigenvalue weighted by Crippen LogP contribution is 2.32. The van der Waals surface area contributed by atoms with Crippen LogP contribution in [0.1, 0.15) is 18.4 Å². The Morgan fingerprint density at radius 2 is 1.90 bits per heavy atom. The van der Waals surface area contributed by atoms with E-state index in [1.54, 1.807) is 32.6 Å². The monoisotopic (exact) mass is 553 g/mol. The maximum Gasteiger partial charge on any atom is 0.278 e. The molecule has 0 aliphatic carbocycles. The summed E-state index contributed by atoms with van der Waals surface area (Å²) in [5.74, 6) is 1.70. The van der Waals surface area contributed by atoms with Crippen molar-refractivity contribution in [2.75, 3.05) is 55.5 Å². The molecule has 0 saturated heterocycles. The van der Waals surface area contributed by atoms with Crippen LogP contribution in [-0.4, -0.2) is 75.5 Å². The second-order valence-corrected chi connectivity index (χ2v) is 10.7. The third kappa shape index (κ3) is 4.49. The van der Waals surface area contributed by atoms with Crippen molar-refractivity contribution < 1.29 is 9.53 Å². The van der Waals surface area contributed by atoms with Crippen LogP contribution in [0.3, 0.4) is 0 Å². The van der Waals surface area contributed by atoms with Gasteiger partial charge in [0.15, 0.2) is 29.6 Å². The molecule has 2 bridgehead atoms. The fourth-order valence-corrected chi connectivity index (χ4v) is 5.66. The smallest absolute Gasteiger partial charge is 0.278 e. The summed E-state index contributed by atoms with van der Waals surface area (Å²) in [7, 11) is 4.23. The van der Waals surface area contributed by atoms with Crippen molar-refractivity contribution in [1.82, 2.24) is 29.2 Å². The zero-order valence-electron chi connectivity index (χ0n) is 23.1. The van der Waals surface area contributed by atoms with Crippen molar-refractivity contribution in [2.24, 2.45) is 0 Å². The summed E-state index contributed by atoms with van der Waals surface area (Å²) in [6.07, 6.45) is 7.11. The second-order valence-electron chi connectivity index (χ2n) is 10.7. The highest BCUT2D eigenvalue weighted by atomic mass is 16.5. The van der Waals surface area contributed by atoms with Gasteiger partial charge in [-0.2, -0.15) is 4.98 Å². The van der Waals surface area contributed by atoms with Gasteiger partial charge in [0.2, 0.25) is 5.95 Å². The molecular weight excluding hydrogens is 522 g/mol. The van der Waals surface area contributed by atoms with Crippen LogP contribution in [0.2, 0.25) is 0 Å². The molecule has 41 heavy (non-hydrogen) atoms. The van der Waals surface area contributed by atoms with E-state index in [4.69, 9.17) is 14.7 Å². The van der Waals surface area contributed by atoms with E-state index in [0.717, 1.165) is 38.2 Å². The number of anilines is 4. The quantitative estimate of drug-likeness (QED) is 0.374. The van der Waals surface area contributed by atoms with Gasteiger partial charge < -0.3 is 19.9 Å². The van der Waals surface area contributed by atoms with Gasteiger partial charge >= 0.3 is 0 Å². The van der Waals surface area contributed by atoms with E-state index in [0.29, 0.717) is 47.5 Å². The highest BCUT2D eigenvalue weighted by molar-refractivity contribution is 5.96. The Kier molecular flexibility index (Phi) is 6.19. The molecule has 4 aromatic rings. The Morgan fingerprint density at radius 3 is 2.80 bits per heavy atom. The zero-order valence-corrected chi connectivity index (χ0v) is 23.1. The number of hydrogen-bond acceptors (Lipinski definition) is 9. The number of benzene rings is 1. The molecule has 210 valence electrons. The van der Waals surface area contributed by atoms with Gasteiger partial charge in [-0.25, -0.2) is 19.3 Å². The fourth-order valence-electron chi connectivity index (χ4n) is 5.66. The SMILES string of the molecule is CN1CCN(C)c2ccc(Nc3ncc4c(=O)n5n(c4n3)-c3ccc4c(n3)N(CCC/C=C\C5)C(=O)CO4)cc2C1. The van der Waals surface area contributed by atoms with Gasteiger partial charge in [-0.05, 0) is 55.8 Å². The summed E-state index contributed by atoms with van der Waals surface area (Å²) in [6.45, 7) is 3.68. The van der Waals surface area contributed by atoms with Gasteiger partial charge in [-0.1, -0.05) is 12.2 Å². The number of fused-ring (bicyclic) bond motifs is 6. The number of nitrogens with zero attached hydrogens (tertiary/aromatic N) is 8. The third-order valence-electron chi connectivity index (χ3n) is 7.83. The molecule has 0 fully saturated rings. The lowest BCUT2D eigenvalue weighted by Gasteiger charge is -2.28. The molecule has 1 amide bonds. The summed E-state index contributed by atoms with van der Waals surface area (Å²) in [5.41, 5.74) is 3.50. The number of ether oxygens (including phenoxy) is 1. The van der Waals surface area contributed by atoms with E-state index in [1.165, 1.54) is 11.3 Å². The number of hydrogen-bond donors (Lipinski definition) is 1. The average molecular weight is 554 g/mol. The number of aromatic nitrogens is 5. The first-order chi connectivity index (χ1) is 20.0. The zero-order chi connectivity index (χ0) is 28.1. The molecule has 3 aliphatic heterocycles. The van der Waals surface area contributed by atoms with Gasteiger partial charge in [0, 0.05) is 50.8 Å². The van der Waals surface area contributed by atoms with Crippen LogP contribution in [0.5, 0.6) is 5.75 Å². The number of carbonyl (C=O) groups excluding carboxylic acids is 1. The first kappa shape index (κ1) is 25.3. The van der Waals surface area contributed by atoms with E-state index in [2.05, 4.69) is 46.3 Å². The molecule has 7 rings (SSSR count). The van der Waals surface area contributed by atoms with Gasteiger partial charge in [-0.15, -0.1) is 0 Å².